The van der Waals surface area contributed by atoms with E-state index in [2.05, 4.69) is 10.2 Å². The molecule has 0 amide bonds. The third-order valence-corrected chi connectivity index (χ3v) is 12.2. The van der Waals surface area contributed by atoms with Crippen LogP contribution in [0, 0.1) is 0 Å². The van der Waals surface area contributed by atoms with Gasteiger partial charge in [0.05, 0.1) is 11.4 Å². The molecule has 1 N–H and O–H groups in total. The number of piperidine rings is 2. The number of nitrogens with zero attached hydrogens (tertiary/aromatic N) is 4. The van der Waals surface area contributed by atoms with Crippen molar-refractivity contribution in [2.24, 2.45) is 0 Å². The molecule has 0 aromatic heterocycles. The zero-order chi connectivity index (χ0) is 30.3. The monoisotopic (exact) mass is 639 g/mol. The smallest absolute Gasteiger partial charge is 0.245 e. The number of rotatable bonds is 13. The van der Waals surface area contributed by atoms with Gasteiger partial charge in [-0.3, -0.25) is 0 Å². The number of sulfonamides is 2. The lowest BCUT2D eigenvalue weighted by molar-refractivity contribution is 0.345. The minimum atomic E-state index is -3.94. The number of halogens is 1. The zero-order valence-corrected chi connectivity index (χ0v) is 27.6. The topological polar surface area (TPSA) is 93.3 Å². The Labute approximate surface area is 257 Å². The van der Waals surface area contributed by atoms with Crippen LogP contribution in [0.5, 0.6) is 0 Å². The zero-order valence-electron chi connectivity index (χ0n) is 25.2. The summed E-state index contributed by atoms with van der Waals surface area (Å²) in [6.45, 7) is 6.16. The van der Waals surface area contributed by atoms with Crippen LogP contribution in [0.3, 0.4) is 0 Å². The van der Waals surface area contributed by atoms with Crippen molar-refractivity contribution >= 4 is 43.0 Å². The Morgan fingerprint density at radius 2 is 1.33 bits per heavy atom. The molecular formula is C30H46ClN5O4S2. The first-order valence-corrected chi connectivity index (χ1v) is 18.4. The first-order chi connectivity index (χ1) is 20.0. The number of nitrogens with one attached hydrogen (secondary N) is 1. The van der Waals surface area contributed by atoms with E-state index in [1.165, 1.54) is 14.7 Å². The summed E-state index contributed by atoms with van der Waals surface area (Å²) < 4.78 is 59.7. The summed E-state index contributed by atoms with van der Waals surface area (Å²) in [6.07, 6.45) is 5.83. The fraction of sp³-hybridized carbons (Fsp3) is 0.600. The molecule has 0 unspecified atom stereocenters. The highest BCUT2D eigenvalue weighted by atomic mass is 35.5. The quantitative estimate of drug-likeness (QED) is 0.339. The summed E-state index contributed by atoms with van der Waals surface area (Å²) in [6, 6.07) is 10.8. The molecule has 0 aliphatic carbocycles. The van der Waals surface area contributed by atoms with E-state index in [1.54, 1.807) is 6.07 Å². The number of hydrogen-bond donors (Lipinski definition) is 1. The van der Waals surface area contributed by atoms with Crippen LogP contribution < -0.4 is 10.2 Å². The summed E-state index contributed by atoms with van der Waals surface area (Å²) in [7, 11) is -3.90. The highest BCUT2D eigenvalue weighted by Gasteiger charge is 2.35. The fourth-order valence-corrected chi connectivity index (χ4v) is 9.24. The van der Waals surface area contributed by atoms with Crippen molar-refractivity contribution in [1.29, 1.82) is 0 Å². The molecule has 0 radical (unpaired) electrons. The van der Waals surface area contributed by atoms with Crippen molar-refractivity contribution in [1.82, 2.24) is 13.5 Å². The molecular weight excluding hydrogens is 594 g/mol. The lowest BCUT2D eigenvalue weighted by Crippen LogP contribution is -2.39. The standard InChI is InChI=1S/C30H46ClN5O4S2/c1-4-34(22-21-33(2)3)28-23-27(32-16-15-25-11-13-26(31)14-12-25)29(41(37,38)35-17-7-5-8-18-35)24-30(28)42(39,40)36-19-9-6-10-20-36/h11-14,23-24,32H,4-10,15-22H2,1-3H3. The predicted molar refractivity (Wildman–Crippen MR) is 172 cm³/mol. The second-order valence-corrected chi connectivity index (χ2v) is 15.7. The molecule has 2 saturated heterocycles. The average Bonchev–Trinajstić information content (AvgIpc) is 2.99. The molecule has 2 aromatic rings. The highest BCUT2D eigenvalue weighted by molar-refractivity contribution is 7.90. The molecule has 4 rings (SSSR count). The molecule has 2 fully saturated rings. The molecule has 0 atom stereocenters. The summed E-state index contributed by atoms with van der Waals surface area (Å²) in [5, 5.41) is 4.04. The summed E-state index contributed by atoms with van der Waals surface area (Å²) in [4.78, 5) is 4.20. The second kappa shape index (κ2) is 14.7. The Morgan fingerprint density at radius 1 is 0.786 bits per heavy atom. The Balaban J connectivity index is 1.82. The number of hydrogen-bond acceptors (Lipinski definition) is 7. The van der Waals surface area contributed by atoms with Gasteiger partial charge in [0.25, 0.3) is 0 Å². The van der Waals surface area contributed by atoms with E-state index in [-0.39, 0.29) is 9.79 Å². The largest absolute Gasteiger partial charge is 0.384 e. The van der Waals surface area contributed by atoms with Crippen LogP contribution in [0.25, 0.3) is 0 Å². The van der Waals surface area contributed by atoms with Crippen molar-refractivity contribution in [3.63, 3.8) is 0 Å². The van der Waals surface area contributed by atoms with Crippen LogP contribution in [0.4, 0.5) is 11.4 Å². The van der Waals surface area contributed by atoms with Gasteiger partial charge in [0, 0.05) is 57.4 Å². The maximum atomic E-state index is 14.2. The van der Waals surface area contributed by atoms with Crippen LogP contribution in [-0.4, -0.2) is 96.8 Å². The maximum absolute atomic E-state index is 14.2. The van der Waals surface area contributed by atoms with Crippen LogP contribution in [0.1, 0.15) is 51.0 Å². The lowest BCUT2D eigenvalue weighted by atomic mass is 10.1. The van der Waals surface area contributed by atoms with Gasteiger partial charge in [-0.05, 0) is 83.0 Å². The fourth-order valence-electron chi connectivity index (χ4n) is 5.61. The minimum Gasteiger partial charge on any atom is -0.384 e. The van der Waals surface area contributed by atoms with E-state index in [4.69, 9.17) is 11.6 Å². The SMILES string of the molecule is CCN(CCN(C)C)c1cc(NCCc2ccc(Cl)cc2)c(S(=O)(=O)N2CCCCC2)cc1S(=O)(=O)N1CCCCC1. The van der Waals surface area contributed by atoms with Crippen molar-refractivity contribution < 1.29 is 16.8 Å². The second-order valence-electron chi connectivity index (χ2n) is 11.4. The average molecular weight is 640 g/mol. The number of benzene rings is 2. The molecule has 0 spiro atoms. The van der Waals surface area contributed by atoms with Crippen LogP contribution in [0.2, 0.25) is 5.02 Å². The van der Waals surface area contributed by atoms with E-state index >= 15 is 0 Å². The van der Waals surface area contributed by atoms with E-state index in [9.17, 15) is 16.8 Å². The molecule has 42 heavy (non-hydrogen) atoms. The van der Waals surface area contributed by atoms with Crippen molar-refractivity contribution in [3.8, 4) is 0 Å². The van der Waals surface area contributed by atoms with Gasteiger partial charge in [-0.15, -0.1) is 0 Å². The van der Waals surface area contributed by atoms with Gasteiger partial charge < -0.3 is 15.1 Å². The highest BCUT2D eigenvalue weighted by Crippen LogP contribution is 2.38. The van der Waals surface area contributed by atoms with Crippen molar-refractivity contribution in [2.75, 3.05) is 76.7 Å². The molecule has 9 nitrogen and oxygen atoms in total. The normalized spacial score (nSPS) is 17.5. The summed E-state index contributed by atoms with van der Waals surface area (Å²) in [5.41, 5.74) is 2.04. The first kappa shape index (κ1) is 33.0. The molecule has 2 aromatic carbocycles. The lowest BCUT2D eigenvalue weighted by Gasteiger charge is -2.32. The third kappa shape index (κ3) is 7.98. The van der Waals surface area contributed by atoms with Gasteiger partial charge in [0.1, 0.15) is 9.79 Å². The van der Waals surface area contributed by atoms with Gasteiger partial charge in [-0.1, -0.05) is 36.6 Å². The predicted octanol–water partition coefficient (Wildman–Crippen LogP) is 4.73. The Kier molecular flexibility index (Phi) is 11.6. The molecule has 2 heterocycles. The van der Waals surface area contributed by atoms with Crippen LogP contribution in [0.15, 0.2) is 46.2 Å². The Morgan fingerprint density at radius 3 is 1.86 bits per heavy atom. The number of likely N-dealkylation sites (N-methyl/N-ethyl adjacent to an activating group) is 2. The summed E-state index contributed by atoms with van der Waals surface area (Å²) >= 11 is 6.05. The van der Waals surface area contributed by atoms with Crippen LogP contribution in [-0.2, 0) is 26.5 Å². The van der Waals surface area contributed by atoms with Gasteiger partial charge in [0.15, 0.2) is 0 Å². The molecule has 0 bridgehead atoms. The van der Waals surface area contributed by atoms with Crippen molar-refractivity contribution in [2.45, 2.75) is 61.7 Å². The van der Waals surface area contributed by atoms with E-state index in [0.29, 0.717) is 68.6 Å². The van der Waals surface area contributed by atoms with E-state index < -0.39 is 20.0 Å². The molecule has 0 saturated carbocycles. The molecule has 2 aliphatic heterocycles. The maximum Gasteiger partial charge on any atom is 0.245 e. The van der Waals surface area contributed by atoms with Gasteiger partial charge >= 0.3 is 0 Å². The molecule has 12 heteroatoms. The summed E-state index contributed by atoms with van der Waals surface area (Å²) in [5.74, 6) is 0. The molecule has 234 valence electrons. The minimum absolute atomic E-state index is 0.0310. The molecule has 2 aliphatic rings. The van der Waals surface area contributed by atoms with Gasteiger partial charge in [-0.2, -0.15) is 8.61 Å². The van der Waals surface area contributed by atoms with Crippen molar-refractivity contribution in [3.05, 3.63) is 47.0 Å². The third-order valence-electron chi connectivity index (χ3n) is 8.11. The number of anilines is 2. The Bertz CT molecular complexity index is 1390. The van der Waals surface area contributed by atoms with E-state index in [1.807, 2.05) is 50.2 Å². The first-order valence-electron chi connectivity index (χ1n) is 15.1. The van der Waals surface area contributed by atoms with Gasteiger partial charge in [0.2, 0.25) is 20.0 Å². The Hall–Kier alpha value is -1.89. The van der Waals surface area contributed by atoms with Gasteiger partial charge in [-0.25, -0.2) is 16.8 Å². The van der Waals surface area contributed by atoms with E-state index in [0.717, 1.165) is 50.6 Å². The van der Waals surface area contributed by atoms with Crippen LogP contribution >= 0.6 is 11.6 Å².